The zero-order chi connectivity index (χ0) is 30.9. The maximum absolute atomic E-state index is 11.6. The summed E-state index contributed by atoms with van der Waals surface area (Å²) in [5, 5.41) is 33.1. The van der Waals surface area contributed by atoms with Crippen LogP contribution in [0.25, 0.3) is 0 Å². The maximum Gasteiger partial charge on any atom is 0.318 e. The van der Waals surface area contributed by atoms with Crippen molar-refractivity contribution in [1.29, 1.82) is 0 Å². The van der Waals surface area contributed by atoms with Gasteiger partial charge < -0.3 is 20.1 Å². The third-order valence-corrected chi connectivity index (χ3v) is 5.83. The summed E-state index contributed by atoms with van der Waals surface area (Å²) < 4.78 is 11.1. The summed E-state index contributed by atoms with van der Waals surface area (Å²) in [6, 6.07) is 26.7. The molecule has 44 heavy (non-hydrogen) atoms. The summed E-state index contributed by atoms with van der Waals surface area (Å²) in [6.45, 7) is 0. The molecule has 0 radical (unpaired) electrons. The van der Waals surface area contributed by atoms with Crippen LogP contribution in [0.5, 0.6) is 17.2 Å². The summed E-state index contributed by atoms with van der Waals surface area (Å²) in [6.07, 6.45) is 1.45. The standard InChI is InChI=1S/C29H23N9O6/c1-43-25-14-12-19(16-26(25)44-24-15-13-22(37(39)40)17-23(24)38(41)42)18-30-36-29-34-27(31-20-8-4-2-5-9-20)33-28(35-29)32-21-10-6-3-7-11-21/h2-18H,1H3,(H3,31,32,33,34,35,36)/b30-18+. The first kappa shape index (κ1) is 28.9. The van der Waals surface area contributed by atoms with E-state index in [1.165, 1.54) is 19.4 Å². The molecule has 4 aromatic carbocycles. The molecular formula is C29H23N9O6. The number of ether oxygens (including phenoxy) is 2. The molecule has 0 aliphatic rings. The van der Waals surface area contributed by atoms with Gasteiger partial charge in [0.15, 0.2) is 11.5 Å². The minimum atomic E-state index is -0.763. The summed E-state index contributed by atoms with van der Waals surface area (Å²) in [7, 11) is 1.41. The lowest BCUT2D eigenvalue weighted by molar-refractivity contribution is -0.394. The predicted molar refractivity (Wildman–Crippen MR) is 163 cm³/mol. The summed E-state index contributed by atoms with van der Waals surface area (Å²) in [4.78, 5) is 34.4. The van der Waals surface area contributed by atoms with Crippen molar-refractivity contribution in [1.82, 2.24) is 15.0 Å². The Morgan fingerprint density at radius 3 is 1.86 bits per heavy atom. The quantitative estimate of drug-likeness (QED) is 0.0817. The number of para-hydroxylation sites is 2. The Labute approximate surface area is 249 Å². The fraction of sp³-hybridized carbons (Fsp3) is 0.0345. The molecule has 0 saturated carbocycles. The van der Waals surface area contributed by atoms with Crippen LogP contribution in [0.1, 0.15) is 5.56 Å². The highest BCUT2D eigenvalue weighted by Gasteiger charge is 2.22. The zero-order valence-electron chi connectivity index (χ0n) is 22.9. The van der Waals surface area contributed by atoms with Gasteiger partial charge >= 0.3 is 5.69 Å². The summed E-state index contributed by atoms with van der Waals surface area (Å²) in [5.74, 6) is 0.873. The van der Waals surface area contributed by atoms with E-state index in [9.17, 15) is 20.2 Å². The zero-order valence-corrected chi connectivity index (χ0v) is 22.9. The Morgan fingerprint density at radius 1 is 0.705 bits per heavy atom. The van der Waals surface area contributed by atoms with E-state index in [1.54, 1.807) is 12.1 Å². The molecule has 5 rings (SSSR count). The SMILES string of the molecule is COc1ccc(/C=N/Nc2nc(Nc3ccccc3)nc(Nc3ccccc3)n2)cc1Oc1ccc([N+](=O)[O-])cc1[N+](=O)[O-]. The third kappa shape index (κ3) is 7.35. The predicted octanol–water partition coefficient (Wildman–Crippen LogP) is 6.42. The van der Waals surface area contributed by atoms with Gasteiger partial charge in [-0.3, -0.25) is 20.2 Å². The number of non-ortho nitro benzene ring substituents is 1. The van der Waals surface area contributed by atoms with Crippen LogP contribution in [0.15, 0.2) is 102 Å². The molecule has 0 aliphatic heterocycles. The maximum atomic E-state index is 11.6. The molecule has 1 heterocycles. The van der Waals surface area contributed by atoms with E-state index in [2.05, 4.69) is 36.1 Å². The van der Waals surface area contributed by atoms with Gasteiger partial charge in [0, 0.05) is 17.4 Å². The molecule has 0 atom stereocenters. The molecule has 0 saturated heterocycles. The van der Waals surface area contributed by atoms with E-state index >= 15 is 0 Å². The first-order valence-corrected chi connectivity index (χ1v) is 12.9. The second-order valence-electron chi connectivity index (χ2n) is 8.84. The number of anilines is 5. The van der Waals surface area contributed by atoms with Crippen LogP contribution in [-0.4, -0.2) is 38.1 Å². The lowest BCUT2D eigenvalue weighted by atomic mass is 10.2. The first-order chi connectivity index (χ1) is 21.4. The monoisotopic (exact) mass is 593 g/mol. The fourth-order valence-corrected chi connectivity index (χ4v) is 3.82. The first-order valence-electron chi connectivity index (χ1n) is 12.9. The van der Waals surface area contributed by atoms with Crippen LogP contribution < -0.4 is 25.5 Å². The highest BCUT2D eigenvalue weighted by Crippen LogP contribution is 2.38. The van der Waals surface area contributed by atoms with Crippen molar-refractivity contribution in [3.05, 3.63) is 123 Å². The molecule has 0 unspecified atom stereocenters. The van der Waals surface area contributed by atoms with Gasteiger partial charge in [0.05, 0.1) is 29.2 Å². The number of hydrogen-bond acceptors (Lipinski definition) is 13. The Bertz CT molecular complexity index is 1760. The molecule has 1 aromatic heterocycles. The van der Waals surface area contributed by atoms with Gasteiger partial charge in [-0.1, -0.05) is 36.4 Å². The molecule has 0 aliphatic carbocycles. The Hall–Kier alpha value is -6.64. The minimum absolute atomic E-state index is 0.122. The van der Waals surface area contributed by atoms with E-state index in [-0.39, 0.29) is 35.1 Å². The Morgan fingerprint density at radius 2 is 1.30 bits per heavy atom. The molecular weight excluding hydrogens is 570 g/mol. The van der Waals surface area contributed by atoms with Gasteiger partial charge in [-0.2, -0.15) is 20.1 Å². The van der Waals surface area contributed by atoms with E-state index in [4.69, 9.17) is 9.47 Å². The van der Waals surface area contributed by atoms with Crippen LogP contribution >= 0.6 is 0 Å². The molecule has 15 heteroatoms. The third-order valence-electron chi connectivity index (χ3n) is 5.83. The van der Waals surface area contributed by atoms with Gasteiger partial charge in [0.2, 0.25) is 23.6 Å². The smallest absolute Gasteiger partial charge is 0.318 e. The molecule has 3 N–H and O–H groups in total. The van der Waals surface area contributed by atoms with E-state index in [0.717, 1.165) is 29.6 Å². The van der Waals surface area contributed by atoms with Crippen LogP contribution in [0.3, 0.4) is 0 Å². The van der Waals surface area contributed by atoms with Crippen LogP contribution in [0, 0.1) is 20.2 Å². The molecule has 0 fully saturated rings. The molecule has 5 aromatic rings. The van der Waals surface area contributed by atoms with Gasteiger partial charge in [-0.15, -0.1) is 0 Å². The number of rotatable bonds is 12. The van der Waals surface area contributed by atoms with Gasteiger partial charge in [0.25, 0.3) is 5.69 Å². The summed E-state index contributed by atoms with van der Waals surface area (Å²) in [5.41, 5.74) is 3.85. The number of hydrazone groups is 1. The van der Waals surface area contributed by atoms with Gasteiger partial charge in [-0.05, 0) is 54.1 Å². The number of nitrogens with zero attached hydrogens (tertiary/aromatic N) is 6. The minimum Gasteiger partial charge on any atom is -0.493 e. The molecule has 0 spiro atoms. The molecule has 15 nitrogen and oxygen atoms in total. The Kier molecular flexibility index (Phi) is 8.76. The molecule has 220 valence electrons. The normalized spacial score (nSPS) is 10.7. The van der Waals surface area contributed by atoms with Crippen molar-refractivity contribution in [2.75, 3.05) is 23.2 Å². The number of nitro groups is 2. The average Bonchev–Trinajstić information content (AvgIpc) is 3.02. The number of nitro benzene ring substituents is 2. The van der Waals surface area contributed by atoms with Crippen molar-refractivity contribution >= 4 is 46.8 Å². The lowest BCUT2D eigenvalue weighted by Gasteiger charge is -2.11. The van der Waals surface area contributed by atoms with Crippen LogP contribution in [-0.2, 0) is 0 Å². The second-order valence-corrected chi connectivity index (χ2v) is 8.84. The van der Waals surface area contributed by atoms with Crippen molar-refractivity contribution in [2.45, 2.75) is 0 Å². The number of hydrogen-bond donors (Lipinski definition) is 3. The highest BCUT2D eigenvalue weighted by molar-refractivity contribution is 5.81. The summed E-state index contributed by atoms with van der Waals surface area (Å²) >= 11 is 0. The van der Waals surface area contributed by atoms with Crippen LogP contribution in [0.4, 0.5) is 40.6 Å². The largest absolute Gasteiger partial charge is 0.493 e. The highest BCUT2D eigenvalue weighted by atomic mass is 16.6. The number of methoxy groups -OCH3 is 1. The van der Waals surface area contributed by atoms with Crippen molar-refractivity contribution in [2.24, 2.45) is 5.10 Å². The van der Waals surface area contributed by atoms with E-state index in [1.807, 2.05) is 60.7 Å². The van der Waals surface area contributed by atoms with Gasteiger partial charge in [-0.25, -0.2) is 5.43 Å². The fourth-order valence-electron chi connectivity index (χ4n) is 3.82. The molecule has 0 amide bonds. The van der Waals surface area contributed by atoms with Crippen molar-refractivity contribution in [3.8, 4) is 17.2 Å². The van der Waals surface area contributed by atoms with E-state index in [0.29, 0.717) is 5.56 Å². The van der Waals surface area contributed by atoms with Gasteiger partial charge in [0.1, 0.15) is 0 Å². The second kappa shape index (κ2) is 13.3. The van der Waals surface area contributed by atoms with E-state index < -0.39 is 21.2 Å². The lowest BCUT2D eigenvalue weighted by Crippen LogP contribution is -2.07. The van der Waals surface area contributed by atoms with Crippen LogP contribution in [0.2, 0.25) is 0 Å². The number of aromatic nitrogens is 3. The van der Waals surface area contributed by atoms with Crippen molar-refractivity contribution in [3.63, 3.8) is 0 Å². The number of nitrogens with one attached hydrogen (secondary N) is 3. The van der Waals surface area contributed by atoms with Crippen molar-refractivity contribution < 1.29 is 19.3 Å². The topological polar surface area (TPSA) is 192 Å². The molecule has 0 bridgehead atoms. The average molecular weight is 594 g/mol. The Balaban J connectivity index is 1.38. The number of benzene rings is 4.